The molecule has 2 fully saturated rings. The number of fused-ring (bicyclic) bond motifs is 2. The quantitative estimate of drug-likeness (QED) is 0.613. The Kier molecular flexibility index (Phi) is 6.17. The van der Waals surface area contributed by atoms with Gasteiger partial charge in [0.05, 0.1) is 31.1 Å². The second-order valence-corrected chi connectivity index (χ2v) is 12.0. The second-order valence-electron chi connectivity index (χ2n) is 10.5. The third kappa shape index (κ3) is 4.37. The number of nitrogens with one attached hydrogen (secondary N) is 2. The monoisotopic (exact) mass is 514 g/mol. The molecule has 2 aliphatic heterocycles. The van der Waals surface area contributed by atoms with Crippen LogP contribution in [-0.4, -0.2) is 68.5 Å². The number of urea groups is 1. The number of carbonyl (C=O) groups excluding carboxylic acids is 1. The van der Waals surface area contributed by atoms with Gasteiger partial charge in [-0.25, -0.2) is 13.8 Å². The highest BCUT2D eigenvalue weighted by Gasteiger charge is 2.36. The number of hydrogen-bond donors (Lipinski definition) is 2. The van der Waals surface area contributed by atoms with Crippen LogP contribution in [0.5, 0.6) is 0 Å². The van der Waals surface area contributed by atoms with E-state index in [9.17, 15) is 13.2 Å². The van der Waals surface area contributed by atoms with Gasteiger partial charge >= 0.3 is 16.2 Å². The van der Waals surface area contributed by atoms with E-state index in [2.05, 4.69) is 26.1 Å². The van der Waals surface area contributed by atoms with Gasteiger partial charge in [-0.2, -0.15) is 13.5 Å². The molecule has 10 nitrogen and oxygen atoms in total. The first kappa shape index (κ1) is 23.7. The van der Waals surface area contributed by atoms with Gasteiger partial charge in [0.2, 0.25) is 0 Å². The largest absolute Gasteiger partial charge is 0.377 e. The number of carbonyl (C=O) groups is 1. The molecule has 0 saturated carbocycles. The zero-order chi connectivity index (χ0) is 24.9. The molecule has 2 saturated heterocycles. The Hall–Kier alpha value is -2.63. The summed E-state index contributed by atoms with van der Waals surface area (Å²) in [5.41, 5.74) is 6.20. The Labute approximate surface area is 212 Å². The fourth-order valence-corrected chi connectivity index (χ4v) is 7.42. The SMILES string of the molecule is CN1CCC(N(c2cnn(C3COC3)c2)S(=O)(=O)NC(=O)Nc2c3c(cc4c2CCC4)CCC3)CC1. The lowest BCUT2D eigenvalue weighted by Crippen LogP contribution is -2.52. The summed E-state index contributed by atoms with van der Waals surface area (Å²) in [6.45, 7) is 2.70. The van der Waals surface area contributed by atoms with Gasteiger partial charge in [0.1, 0.15) is 0 Å². The molecule has 194 valence electrons. The Morgan fingerprint density at radius 2 is 1.75 bits per heavy atom. The van der Waals surface area contributed by atoms with Crippen LogP contribution in [0.25, 0.3) is 0 Å². The molecule has 0 radical (unpaired) electrons. The minimum atomic E-state index is -4.17. The molecule has 1 aromatic heterocycles. The van der Waals surface area contributed by atoms with Crippen molar-refractivity contribution in [1.82, 2.24) is 19.4 Å². The number of rotatable bonds is 6. The van der Waals surface area contributed by atoms with Crippen LogP contribution < -0.4 is 14.3 Å². The number of amides is 2. The lowest BCUT2D eigenvalue weighted by Gasteiger charge is -2.36. The van der Waals surface area contributed by atoms with Crippen LogP contribution in [0, 0.1) is 0 Å². The minimum absolute atomic E-state index is 0.110. The van der Waals surface area contributed by atoms with E-state index in [1.165, 1.54) is 26.6 Å². The molecular formula is C25H34N6O4S. The second kappa shape index (κ2) is 9.35. The molecular weight excluding hydrogens is 480 g/mol. The van der Waals surface area contributed by atoms with Crippen LogP contribution in [0.4, 0.5) is 16.2 Å². The zero-order valence-electron chi connectivity index (χ0n) is 20.7. The summed E-state index contributed by atoms with van der Waals surface area (Å²) in [7, 11) is -2.14. The van der Waals surface area contributed by atoms with Crippen LogP contribution in [-0.2, 0) is 40.6 Å². The van der Waals surface area contributed by atoms with Gasteiger partial charge < -0.3 is 15.0 Å². The number of hydrogen-bond acceptors (Lipinski definition) is 6. The third-order valence-corrected chi connectivity index (χ3v) is 9.52. The van der Waals surface area contributed by atoms with Crippen LogP contribution >= 0.6 is 0 Å². The number of aromatic nitrogens is 2. The van der Waals surface area contributed by atoms with E-state index in [1.807, 2.05) is 7.05 Å². The highest BCUT2D eigenvalue weighted by atomic mass is 32.2. The summed E-state index contributed by atoms with van der Waals surface area (Å²) in [6.07, 6.45) is 10.7. The van der Waals surface area contributed by atoms with Crippen molar-refractivity contribution in [3.63, 3.8) is 0 Å². The maximum atomic E-state index is 13.7. The number of benzene rings is 1. The van der Waals surface area contributed by atoms with Gasteiger partial charge in [-0.3, -0.25) is 4.68 Å². The van der Waals surface area contributed by atoms with Gasteiger partial charge in [-0.05, 0) is 93.8 Å². The molecule has 4 aliphatic rings. The van der Waals surface area contributed by atoms with Gasteiger partial charge in [0, 0.05) is 17.9 Å². The average molecular weight is 515 g/mol. The first-order valence-electron chi connectivity index (χ1n) is 13.0. The maximum Gasteiger partial charge on any atom is 0.334 e. The average Bonchev–Trinajstić information content (AvgIpc) is 3.54. The van der Waals surface area contributed by atoms with Crippen molar-refractivity contribution in [2.75, 3.05) is 43.0 Å². The number of anilines is 2. The molecule has 0 atom stereocenters. The third-order valence-electron chi connectivity index (χ3n) is 8.05. The van der Waals surface area contributed by atoms with E-state index < -0.39 is 16.2 Å². The molecule has 2 amide bonds. The van der Waals surface area contributed by atoms with Crippen LogP contribution in [0.1, 0.15) is 54.0 Å². The molecule has 36 heavy (non-hydrogen) atoms. The zero-order valence-corrected chi connectivity index (χ0v) is 21.5. The van der Waals surface area contributed by atoms with Crippen molar-refractivity contribution in [3.8, 4) is 0 Å². The minimum Gasteiger partial charge on any atom is -0.377 e. The van der Waals surface area contributed by atoms with Crippen molar-refractivity contribution in [3.05, 3.63) is 40.7 Å². The van der Waals surface area contributed by atoms with Gasteiger partial charge in [0.15, 0.2) is 0 Å². The smallest absolute Gasteiger partial charge is 0.334 e. The van der Waals surface area contributed by atoms with Crippen LogP contribution in [0.2, 0.25) is 0 Å². The topological polar surface area (TPSA) is 109 Å². The first-order valence-corrected chi connectivity index (χ1v) is 14.4. The highest BCUT2D eigenvalue weighted by Crippen LogP contribution is 2.38. The fraction of sp³-hybridized carbons (Fsp3) is 0.600. The molecule has 0 spiro atoms. The van der Waals surface area contributed by atoms with E-state index >= 15 is 0 Å². The predicted molar refractivity (Wildman–Crippen MR) is 137 cm³/mol. The van der Waals surface area contributed by atoms with E-state index in [-0.39, 0.29) is 12.1 Å². The maximum absolute atomic E-state index is 13.7. The summed E-state index contributed by atoms with van der Waals surface area (Å²) in [5, 5.41) is 7.36. The summed E-state index contributed by atoms with van der Waals surface area (Å²) >= 11 is 0. The van der Waals surface area contributed by atoms with Crippen molar-refractivity contribution in [2.24, 2.45) is 0 Å². The lowest BCUT2D eigenvalue weighted by atomic mass is 9.99. The summed E-state index contributed by atoms with van der Waals surface area (Å²) in [5.74, 6) is 0. The van der Waals surface area contributed by atoms with E-state index in [0.717, 1.165) is 57.3 Å². The van der Waals surface area contributed by atoms with Crippen molar-refractivity contribution in [2.45, 2.75) is 63.5 Å². The number of aryl methyl sites for hydroxylation is 2. The van der Waals surface area contributed by atoms with Crippen LogP contribution in [0.15, 0.2) is 18.5 Å². The number of likely N-dealkylation sites (tertiary alicyclic amines) is 1. The van der Waals surface area contributed by atoms with Crippen molar-refractivity contribution in [1.29, 1.82) is 0 Å². The van der Waals surface area contributed by atoms with Crippen molar-refractivity contribution >= 4 is 27.6 Å². The summed E-state index contributed by atoms with van der Waals surface area (Å²) < 4.78 is 38.2. The Morgan fingerprint density at radius 1 is 1.08 bits per heavy atom. The molecule has 2 N–H and O–H groups in total. The molecule has 3 heterocycles. The molecule has 2 aliphatic carbocycles. The molecule has 2 aromatic rings. The number of piperidine rings is 1. The highest BCUT2D eigenvalue weighted by molar-refractivity contribution is 7.91. The molecule has 1 aromatic carbocycles. The fourth-order valence-electron chi connectivity index (χ4n) is 6.07. The molecule has 0 bridgehead atoms. The van der Waals surface area contributed by atoms with Gasteiger partial charge in [-0.15, -0.1) is 0 Å². The Balaban J connectivity index is 1.26. The van der Waals surface area contributed by atoms with Crippen molar-refractivity contribution < 1.29 is 17.9 Å². The van der Waals surface area contributed by atoms with Gasteiger partial charge in [-0.1, -0.05) is 6.07 Å². The summed E-state index contributed by atoms with van der Waals surface area (Å²) in [6, 6.07) is 1.44. The standard InChI is InChI=1S/C25H34N6O4S/c1-29-10-8-19(9-11-29)31(20-13-26-30(14-20)21-15-35-16-21)36(33,34)28-25(32)27-24-22-6-2-4-17(22)12-18-5-3-7-23(18)24/h12-14,19,21H,2-11,15-16H2,1H3,(H2,27,28,32). The van der Waals surface area contributed by atoms with Crippen LogP contribution in [0.3, 0.4) is 0 Å². The summed E-state index contributed by atoms with van der Waals surface area (Å²) in [4.78, 5) is 15.4. The molecule has 6 rings (SSSR count). The lowest BCUT2D eigenvalue weighted by molar-refractivity contribution is -0.0286. The first-order chi connectivity index (χ1) is 17.4. The van der Waals surface area contributed by atoms with E-state index in [0.29, 0.717) is 31.7 Å². The van der Waals surface area contributed by atoms with E-state index in [1.54, 1.807) is 17.1 Å². The predicted octanol–water partition coefficient (Wildman–Crippen LogP) is 2.40. The van der Waals surface area contributed by atoms with E-state index in [4.69, 9.17) is 4.74 Å². The molecule has 11 heteroatoms. The Bertz CT molecular complexity index is 1230. The normalized spacial score (nSPS) is 20.6. The Morgan fingerprint density at radius 3 is 2.36 bits per heavy atom. The number of nitrogens with zero attached hydrogens (tertiary/aromatic N) is 4. The number of ether oxygens (including phenoxy) is 1. The van der Waals surface area contributed by atoms with Gasteiger partial charge in [0.25, 0.3) is 0 Å². The molecule has 0 unspecified atom stereocenters.